The Morgan fingerprint density at radius 3 is 2.78 bits per heavy atom. The van der Waals surface area contributed by atoms with Crippen LogP contribution in [0.25, 0.3) is 0 Å². The Kier molecular flexibility index (Phi) is 3.39. The number of nitrogens with zero attached hydrogens (tertiary/aromatic N) is 2. The quantitative estimate of drug-likeness (QED) is 0.803. The van der Waals surface area contributed by atoms with Gasteiger partial charge in [-0.2, -0.15) is 0 Å². The zero-order chi connectivity index (χ0) is 12.4. The number of hydrogen-bond donors (Lipinski definition) is 1. The lowest BCUT2D eigenvalue weighted by molar-refractivity contribution is 0.0516. The van der Waals surface area contributed by atoms with Crippen LogP contribution in [0.15, 0.2) is 0 Å². The third-order valence-electron chi connectivity index (χ3n) is 3.72. The van der Waals surface area contributed by atoms with E-state index in [1.54, 1.807) is 0 Å². The lowest BCUT2D eigenvalue weighted by Crippen LogP contribution is -2.42. The highest BCUT2D eigenvalue weighted by molar-refractivity contribution is 6.99. The number of rotatable bonds is 6. The van der Waals surface area contributed by atoms with Crippen molar-refractivity contribution in [2.75, 3.05) is 6.61 Å². The first-order valence-electron chi connectivity index (χ1n) is 6.73. The summed E-state index contributed by atoms with van der Waals surface area (Å²) in [6.45, 7) is 2.82. The zero-order valence-electron chi connectivity index (χ0n) is 10.6. The van der Waals surface area contributed by atoms with Crippen LogP contribution in [0.3, 0.4) is 0 Å². The molecular weight excluding hydrogens is 250 g/mol. The van der Waals surface area contributed by atoms with E-state index in [0.29, 0.717) is 24.4 Å². The molecule has 1 aromatic rings. The van der Waals surface area contributed by atoms with Crippen LogP contribution in [0.2, 0.25) is 0 Å². The lowest BCUT2D eigenvalue weighted by Gasteiger charge is -2.26. The van der Waals surface area contributed by atoms with E-state index in [2.05, 4.69) is 21.0 Å². The Hall–Kier alpha value is -0.880. The molecule has 6 heteroatoms. The smallest absolute Gasteiger partial charge is 0.292 e. The van der Waals surface area contributed by atoms with E-state index in [1.165, 1.54) is 12.8 Å². The number of ether oxygens (including phenoxy) is 2. The van der Waals surface area contributed by atoms with Crippen molar-refractivity contribution < 1.29 is 9.47 Å². The summed E-state index contributed by atoms with van der Waals surface area (Å²) in [5, 5.41) is 3.53. The van der Waals surface area contributed by atoms with Gasteiger partial charge in [0.2, 0.25) is 0 Å². The Morgan fingerprint density at radius 1 is 1.33 bits per heavy atom. The van der Waals surface area contributed by atoms with Crippen LogP contribution in [-0.2, 0) is 0 Å². The van der Waals surface area contributed by atoms with E-state index in [1.807, 2.05) is 0 Å². The molecule has 0 atom stereocenters. The molecule has 0 unspecified atom stereocenters. The second-order valence-corrected chi connectivity index (χ2v) is 5.62. The number of aromatic nitrogens is 2. The van der Waals surface area contributed by atoms with E-state index >= 15 is 0 Å². The lowest BCUT2D eigenvalue weighted by atomic mass is 9.98. The highest BCUT2D eigenvalue weighted by Crippen LogP contribution is 2.40. The summed E-state index contributed by atoms with van der Waals surface area (Å²) in [5.74, 6) is 1.12. The Labute approximate surface area is 111 Å². The topological polar surface area (TPSA) is 56.3 Å². The van der Waals surface area contributed by atoms with Crippen molar-refractivity contribution in [2.45, 2.75) is 57.2 Å². The fourth-order valence-electron chi connectivity index (χ4n) is 2.70. The normalized spacial score (nSPS) is 29.7. The maximum Gasteiger partial charge on any atom is 0.292 e. The molecule has 3 heterocycles. The molecule has 1 N–H and O–H groups in total. The molecule has 100 valence electrons. The van der Waals surface area contributed by atoms with Gasteiger partial charge in [-0.15, -0.1) is 8.75 Å². The van der Waals surface area contributed by atoms with Crippen LogP contribution in [0.1, 0.15) is 45.4 Å². The Bertz CT molecular complexity index is 402. The third kappa shape index (κ3) is 2.31. The molecule has 2 aliphatic heterocycles. The van der Waals surface area contributed by atoms with Crippen LogP contribution >= 0.6 is 11.7 Å². The average Bonchev–Trinajstić information content (AvgIpc) is 3.06. The van der Waals surface area contributed by atoms with E-state index in [0.717, 1.165) is 37.4 Å². The summed E-state index contributed by atoms with van der Waals surface area (Å²) >= 11 is 1.15. The molecule has 5 nitrogen and oxygen atoms in total. The second-order valence-electron chi connectivity index (χ2n) is 5.09. The van der Waals surface area contributed by atoms with Gasteiger partial charge in [-0.25, -0.2) is 0 Å². The van der Waals surface area contributed by atoms with Crippen molar-refractivity contribution in [3.63, 3.8) is 0 Å². The van der Waals surface area contributed by atoms with Crippen LogP contribution in [0.5, 0.6) is 11.8 Å². The molecule has 0 radical (unpaired) electrons. The molecule has 3 rings (SSSR count). The van der Waals surface area contributed by atoms with E-state index in [4.69, 9.17) is 9.47 Å². The van der Waals surface area contributed by atoms with Crippen LogP contribution in [0.4, 0.5) is 0 Å². The minimum Gasteiger partial charge on any atom is -0.473 e. The van der Waals surface area contributed by atoms with Crippen LogP contribution in [0, 0.1) is 0 Å². The molecule has 2 bridgehead atoms. The van der Waals surface area contributed by atoms with Gasteiger partial charge in [0.1, 0.15) is 0 Å². The summed E-state index contributed by atoms with van der Waals surface area (Å²) in [6, 6.07) is 0.626. The summed E-state index contributed by atoms with van der Waals surface area (Å²) < 4.78 is 20.0. The predicted molar refractivity (Wildman–Crippen MR) is 69.1 cm³/mol. The van der Waals surface area contributed by atoms with Crippen molar-refractivity contribution in [1.82, 2.24) is 14.1 Å². The highest BCUT2D eigenvalue weighted by Gasteiger charge is 2.47. The predicted octanol–water partition coefficient (Wildman–Crippen LogP) is 2.34. The Balaban J connectivity index is 1.64. The first-order chi connectivity index (χ1) is 8.81. The van der Waals surface area contributed by atoms with E-state index in [9.17, 15) is 0 Å². The van der Waals surface area contributed by atoms with Crippen molar-refractivity contribution >= 4 is 11.7 Å². The van der Waals surface area contributed by atoms with Gasteiger partial charge in [0, 0.05) is 18.9 Å². The van der Waals surface area contributed by atoms with Crippen molar-refractivity contribution in [1.29, 1.82) is 0 Å². The average molecular weight is 269 g/mol. The second kappa shape index (κ2) is 5.01. The van der Waals surface area contributed by atoms with Gasteiger partial charge in [-0.1, -0.05) is 13.3 Å². The minimum atomic E-state index is -0.205. The van der Waals surface area contributed by atoms with Gasteiger partial charge >= 0.3 is 0 Å². The number of fused-ring (bicyclic) bond motifs is 2. The summed E-state index contributed by atoms with van der Waals surface area (Å²) in [5.41, 5.74) is -0.205. The summed E-state index contributed by atoms with van der Waals surface area (Å²) in [7, 11) is 0. The SMILES string of the molecule is CCCCOc1nsnc1OC12CCC(CC1)N2. The van der Waals surface area contributed by atoms with Crippen molar-refractivity contribution in [3.8, 4) is 11.8 Å². The molecule has 1 aromatic heterocycles. The Morgan fingerprint density at radius 2 is 2.11 bits per heavy atom. The van der Waals surface area contributed by atoms with Gasteiger partial charge in [-0.3, -0.25) is 5.32 Å². The van der Waals surface area contributed by atoms with Crippen LogP contribution < -0.4 is 14.8 Å². The van der Waals surface area contributed by atoms with Gasteiger partial charge in [-0.05, 0) is 19.3 Å². The van der Waals surface area contributed by atoms with Crippen molar-refractivity contribution in [2.24, 2.45) is 0 Å². The highest BCUT2D eigenvalue weighted by atomic mass is 32.1. The summed E-state index contributed by atoms with van der Waals surface area (Å²) in [6.07, 6.45) is 6.66. The maximum atomic E-state index is 6.06. The molecule has 0 aliphatic carbocycles. The van der Waals surface area contributed by atoms with Gasteiger partial charge < -0.3 is 9.47 Å². The molecule has 0 spiro atoms. The zero-order valence-corrected chi connectivity index (χ0v) is 11.5. The van der Waals surface area contributed by atoms with Gasteiger partial charge in [0.05, 0.1) is 18.3 Å². The first kappa shape index (κ1) is 12.2. The molecular formula is C12H19N3O2S. The molecule has 2 saturated heterocycles. The minimum absolute atomic E-state index is 0.205. The van der Waals surface area contributed by atoms with Gasteiger partial charge in [0.25, 0.3) is 11.8 Å². The maximum absolute atomic E-state index is 6.06. The van der Waals surface area contributed by atoms with Crippen molar-refractivity contribution in [3.05, 3.63) is 0 Å². The molecule has 0 saturated carbocycles. The third-order valence-corrected chi connectivity index (χ3v) is 4.21. The number of unbranched alkanes of at least 4 members (excludes halogenated alkanes) is 1. The molecule has 0 amide bonds. The summed E-state index contributed by atoms with van der Waals surface area (Å²) in [4.78, 5) is 0. The standard InChI is InChI=1S/C12H19N3O2S/c1-2-3-8-16-10-11(15-18-14-10)17-12-6-4-9(13-12)5-7-12/h9,13H,2-8H2,1H3. The van der Waals surface area contributed by atoms with Crippen LogP contribution in [-0.4, -0.2) is 27.1 Å². The molecule has 0 aromatic carbocycles. The molecule has 18 heavy (non-hydrogen) atoms. The largest absolute Gasteiger partial charge is 0.473 e. The van der Waals surface area contributed by atoms with E-state index in [-0.39, 0.29) is 5.72 Å². The number of hydrogen-bond acceptors (Lipinski definition) is 6. The molecule has 2 aliphatic rings. The van der Waals surface area contributed by atoms with Gasteiger partial charge in [0.15, 0.2) is 5.72 Å². The first-order valence-corrected chi connectivity index (χ1v) is 7.46. The number of nitrogens with one attached hydrogen (secondary N) is 1. The molecule has 2 fully saturated rings. The fourth-order valence-corrected chi connectivity index (χ4v) is 3.13. The fraction of sp³-hybridized carbons (Fsp3) is 0.833. The monoisotopic (exact) mass is 269 g/mol. The van der Waals surface area contributed by atoms with E-state index < -0.39 is 0 Å².